The van der Waals surface area contributed by atoms with Crippen LogP contribution in [0.1, 0.15) is 24.0 Å². The standard InChI is InChI=1S/C20H20F3N3/c1-26-10-4-5-14(26)12-16-15-11-13(20(21,22)23)7-8-17(15)25-19(16)18-6-2-3-9-24-18/h2-3,6-9,11,14,25H,4-5,10,12H2,1H3/t14-/m1/s1. The summed E-state index contributed by atoms with van der Waals surface area (Å²) in [4.78, 5) is 9.99. The minimum atomic E-state index is -4.35. The number of aromatic nitrogens is 2. The van der Waals surface area contributed by atoms with Crippen molar-refractivity contribution in [3.05, 3.63) is 53.7 Å². The number of halogens is 3. The molecular weight excluding hydrogens is 339 g/mol. The number of nitrogens with zero attached hydrogens (tertiary/aromatic N) is 2. The number of nitrogens with one attached hydrogen (secondary N) is 1. The highest BCUT2D eigenvalue weighted by Gasteiger charge is 2.32. The average Bonchev–Trinajstić information content (AvgIpc) is 3.19. The highest BCUT2D eigenvalue weighted by molar-refractivity contribution is 5.91. The second-order valence-electron chi connectivity index (χ2n) is 6.93. The van der Waals surface area contributed by atoms with E-state index in [1.165, 1.54) is 12.1 Å². The normalized spacial score (nSPS) is 18.7. The van der Waals surface area contributed by atoms with Crippen molar-refractivity contribution in [2.45, 2.75) is 31.5 Å². The number of alkyl halides is 3. The summed E-state index contributed by atoms with van der Waals surface area (Å²) < 4.78 is 39.6. The maximum atomic E-state index is 13.2. The maximum absolute atomic E-state index is 13.2. The van der Waals surface area contributed by atoms with Gasteiger partial charge < -0.3 is 9.88 Å². The molecule has 2 aromatic heterocycles. The Hall–Kier alpha value is -2.34. The fraction of sp³-hybridized carbons (Fsp3) is 0.350. The molecule has 0 radical (unpaired) electrons. The summed E-state index contributed by atoms with van der Waals surface area (Å²) in [6.45, 7) is 1.03. The highest BCUT2D eigenvalue weighted by atomic mass is 19.4. The van der Waals surface area contributed by atoms with Crippen molar-refractivity contribution < 1.29 is 13.2 Å². The van der Waals surface area contributed by atoms with Gasteiger partial charge in [0.2, 0.25) is 0 Å². The summed E-state index contributed by atoms with van der Waals surface area (Å²) in [5.74, 6) is 0. The number of pyridine rings is 1. The smallest absolute Gasteiger partial charge is 0.353 e. The predicted octanol–water partition coefficient (Wildman–Crippen LogP) is 4.89. The summed E-state index contributed by atoms with van der Waals surface area (Å²) in [6.07, 6.45) is 0.245. The zero-order chi connectivity index (χ0) is 18.3. The van der Waals surface area contributed by atoms with E-state index in [0.29, 0.717) is 23.4 Å². The lowest BCUT2D eigenvalue weighted by atomic mass is 9.98. The zero-order valence-electron chi connectivity index (χ0n) is 14.5. The molecule has 1 N–H and O–H groups in total. The number of likely N-dealkylation sites (tertiary alicyclic amines) is 1. The molecule has 1 saturated heterocycles. The van der Waals surface area contributed by atoms with Crippen molar-refractivity contribution in [2.75, 3.05) is 13.6 Å². The highest BCUT2D eigenvalue weighted by Crippen LogP contribution is 2.36. The number of H-pyrrole nitrogens is 1. The van der Waals surface area contributed by atoms with Crippen LogP contribution in [-0.2, 0) is 12.6 Å². The minimum absolute atomic E-state index is 0.339. The van der Waals surface area contributed by atoms with Gasteiger partial charge in [-0.05, 0) is 68.8 Å². The van der Waals surface area contributed by atoms with Crippen molar-refractivity contribution in [1.29, 1.82) is 0 Å². The molecular formula is C20H20F3N3. The largest absolute Gasteiger partial charge is 0.416 e. The molecule has 1 aliphatic heterocycles. The van der Waals surface area contributed by atoms with E-state index >= 15 is 0 Å². The molecule has 3 aromatic rings. The van der Waals surface area contributed by atoms with Gasteiger partial charge in [0.15, 0.2) is 0 Å². The van der Waals surface area contributed by atoms with Crippen LogP contribution in [0.4, 0.5) is 13.2 Å². The average molecular weight is 359 g/mol. The van der Waals surface area contributed by atoms with E-state index in [0.717, 1.165) is 42.4 Å². The number of likely N-dealkylation sites (N-methyl/N-ethyl adjacent to an activating group) is 1. The van der Waals surface area contributed by atoms with Crippen LogP contribution in [0.25, 0.3) is 22.3 Å². The number of benzene rings is 1. The third kappa shape index (κ3) is 3.09. The van der Waals surface area contributed by atoms with Gasteiger partial charge in [-0.25, -0.2) is 0 Å². The second-order valence-corrected chi connectivity index (χ2v) is 6.93. The van der Waals surface area contributed by atoms with Crippen LogP contribution in [-0.4, -0.2) is 34.5 Å². The molecule has 1 fully saturated rings. The number of fused-ring (bicyclic) bond motifs is 1. The summed E-state index contributed by atoms with van der Waals surface area (Å²) in [5.41, 5.74) is 2.60. The van der Waals surface area contributed by atoms with Gasteiger partial charge in [-0.2, -0.15) is 13.2 Å². The lowest BCUT2D eigenvalue weighted by Gasteiger charge is -2.20. The van der Waals surface area contributed by atoms with Gasteiger partial charge >= 0.3 is 6.18 Å². The van der Waals surface area contributed by atoms with Crippen LogP contribution >= 0.6 is 0 Å². The number of aromatic amines is 1. The molecule has 0 spiro atoms. The summed E-state index contributed by atoms with van der Waals surface area (Å²) in [7, 11) is 2.08. The molecule has 1 aromatic carbocycles. The molecule has 1 atom stereocenters. The summed E-state index contributed by atoms with van der Waals surface area (Å²) >= 11 is 0. The van der Waals surface area contributed by atoms with E-state index in [4.69, 9.17) is 0 Å². The molecule has 3 nitrogen and oxygen atoms in total. The Morgan fingerprint density at radius 1 is 1.23 bits per heavy atom. The lowest BCUT2D eigenvalue weighted by molar-refractivity contribution is -0.137. The van der Waals surface area contributed by atoms with Crippen molar-refractivity contribution in [3.63, 3.8) is 0 Å². The predicted molar refractivity (Wildman–Crippen MR) is 95.9 cm³/mol. The summed E-state index contributed by atoms with van der Waals surface area (Å²) in [6, 6.07) is 9.86. The molecule has 0 aliphatic carbocycles. The Morgan fingerprint density at radius 2 is 2.08 bits per heavy atom. The minimum Gasteiger partial charge on any atom is -0.353 e. The summed E-state index contributed by atoms with van der Waals surface area (Å²) in [5, 5.41) is 0.640. The van der Waals surface area contributed by atoms with Gasteiger partial charge in [-0.1, -0.05) is 6.07 Å². The third-order valence-electron chi connectivity index (χ3n) is 5.27. The van der Waals surface area contributed by atoms with Crippen molar-refractivity contribution in [3.8, 4) is 11.4 Å². The Bertz CT molecular complexity index is 915. The van der Waals surface area contributed by atoms with Crippen molar-refractivity contribution >= 4 is 10.9 Å². The molecule has 26 heavy (non-hydrogen) atoms. The number of hydrogen-bond donors (Lipinski definition) is 1. The van der Waals surface area contributed by atoms with Gasteiger partial charge in [0.1, 0.15) is 0 Å². The first kappa shape index (κ1) is 17.1. The molecule has 0 amide bonds. The SMILES string of the molecule is CN1CCC[C@@H]1Cc1c(-c2ccccn2)[nH]c2ccc(C(F)(F)F)cc12. The molecule has 1 aliphatic rings. The fourth-order valence-electron chi connectivity index (χ4n) is 3.84. The van der Waals surface area contributed by atoms with E-state index in [2.05, 4.69) is 21.9 Å². The van der Waals surface area contributed by atoms with Gasteiger partial charge in [-0.3, -0.25) is 4.98 Å². The molecule has 3 heterocycles. The molecule has 4 rings (SSSR count). The van der Waals surface area contributed by atoms with Crippen LogP contribution in [0.15, 0.2) is 42.6 Å². The van der Waals surface area contributed by atoms with Gasteiger partial charge in [0, 0.05) is 23.1 Å². The van der Waals surface area contributed by atoms with Crippen LogP contribution in [0, 0.1) is 0 Å². The maximum Gasteiger partial charge on any atom is 0.416 e. The first-order valence-electron chi connectivity index (χ1n) is 8.77. The van der Waals surface area contributed by atoms with E-state index in [-0.39, 0.29) is 0 Å². The van der Waals surface area contributed by atoms with Crippen molar-refractivity contribution in [2.24, 2.45) is 0 Å². The van der Waals surface area contributed by atoms with E-state index < -0.39 is 11.7 Å². The first-order chi connectivity index (χ1) is 12.4. The van der Waals surface area contributed by atoms with Crippen molar-refractivity contribution in [1.82, 2.24) is 14.9 Å². The molecule has 136 valence electrons. The first-order valence-corrected chi connectivity index (χ1v) is 8.77. The molecule has 6 heteroatoms. The lowest BCUT2D eigenvalue weighted by Crippen LogP contribution is -2.26. The fourth-order valence-corrected chi connectivity index (χ4v) is 3.84. The molecule has 0 unspecified atom stereocenters. The van der Waals surface area contributed by atoms with Crippen LogP contribution < -0.4 is 0 Å². The van der Waals surface area contributed by atoms with Crippen LogP contribution in [0.3, 0.4) is 0 Å². The zero-order valence-corrected chi connectivity index (χ0v) is 14.5. The Morgan fingerprint density at radius 3 is 2.73 bits per heavy atom. The Balaban J connectivity index is 1.87. The Kier molecular flexibility index (Phi) is 4.23. The third-order valence-corrected chi connectivity index (χ3v) is 5.27. The van der Waals surface area contributed by atoms with E-state index in [1.54, 1.807) is 6.20 Å². The quantitative estimate of drug-likeness (QED) is 0.722. The van der Waals surface area contributed by atoms with Crippen LogP contribution in [0.2, 0.25) is 0 Å². The van der Waals surface area contributed by atoms with Gasteiger partial charge in [0.25, 0.3) is 0 Å². The van der Waals surface area contributed by atoms with Crippen LogP contribution in [0.5, 0.6) is 0 Å². The number of hydrogen-bond acceptors (Lipinski definition) is 2. The topological polar surface area (TPSA) is 31.9 Å². The van der Waals surface area contributed by atoms with E-state index in [1.807, 2.05) is 18.2 Å². The Labute approximate surface area is 149 Å². The molecule has 0 saturated carbocycles. The molecule has 0 bridgehead atoms. The van der Waals surface area contributed by atoms with Gasteiger partial charge in [0.05, 0.1) is 17.0 Å². The van der Waals surface area contributed by atoms with Gasteiger partial charge in [-0.15, -0.1) is 0 Å². The van der Waals surface area contributed by atoms with E-state index in [9.17, 15) is 13.2 Å². The second kappa shape index (κ2) is 6.43. The monoisotopic (exact) mass is 359 g/mol. The number of rotatable bonds is 3.